The highest BCUT2D eigenvalue weighted by Gasteiger charge is 2.20. The number of carbonyl (C=O) groups is 1. The van der Waals surface area contributed by atoms with Crippen molar-refractivity contribution in [3.8, 4) is 6.07 Å². The molecule has 3 N–H and O–H groups in total. The van der Waals surface area contributed by atoms with Crippen LogP contribution in [0.1, 0.15) is 22.8 Å². The molecule has 25 heavy (non-hydrogen) atoms. The number of benzene rings is 2. The van der Waals surface area contributed by atoms with Crippen LogP contribution in [0.25, 0.3) is 0 Å². The van der Waals surface area contributed by atoms with Crippen molar-refractivity contribution in [3.63, 3.8) is 0 Å². The molecule has 0 spiro atoms. The number of nitrogens with one attached hydrogen (secondary N) is 1. The Labute approximate surface area is 144 Å². The largest absolute Gasteiger partial charge is 0.445 e. The number of ether oxygens (including phenoxy) is 1. The molecule has 0 aliphatic heterocycles. The van der Waals surface area contributed by atoms with E-state index in [1.807, 2.05) is 18.2 Å². The summed E-state index contributed by atoms with van der Waals surface area (Å²) >= 11 is 0. The first-order chi connectivity index (χ1) is 12.0. The molecule has 0 saturated heterocycles. The number of aliphatic hydroxyl groups is 2. The van der Waals surface area contributed by atoms with Gasteiger partial charge in [-0.3, -0.25) is 0 Å². The second-order valence-electron chi connectivity index (χ2n) is 5.31. The van der Waals surface area contributed by atoms with E-state index in [2.05, 4.69) is 5.32 Å². The van der Waals surface area contributed by atoms with Crippen molar-refractivity contribution in [2.45, 2.75) is 18.8 Å². The summed E-state index contributed by atoms with van der Waals surface area (Å²) < 4.78 is 18.5. The van der Waals surface area contributed by atoms with Gasteiger partial charge < -0.3 is 20.3 Å². The highest BCUT2D eigenvalue weighted by atomic mass is 19.1. The van der Waals surface area contributed by atoms with Crippen molar-refractivity contribution >= 4 is 6.09 Å². The van der Waals surface area contributed by atoms with Gasteiger partial charge in [0.1, 0.15) is 30.7 Å². The second kappa shape index (κ2) is 8.78. The lowest BCUT2D eigenvalue weighted by Gasteiger charge is -2.18. The van der Waals surface area contributed by atoms with Gasteiger partial charge in [-0.15, -0.1) is 0 Å². The van der Waals surface area contributed by atoms with Crippen molar-refractivity contribution in [2.75, 3.05) is 6.54 Å². The molecule has 2 atom stereocenters. The lowest BCUT2D eigenvalue weighted by atomic mass is 10.0. The van der Waals surface area contributed by atoms with E-state index in [-0.39, 0.29) is 24.3 Å². The smallest absolute Gasteiger partial charge is 0.407 e. The molecule has 0 aliphatic rings. The van der Waals surface area contributed by atoms with E-state index >= 15 is 0 Å². The Balaban J connectivity index is 1.82. The van der Waals surface area contributed by atoms with Gasteiger partial charge in [0.25, 0.3) is 0 Å². The van der Waals surface area contributed by atoms with Crippen molar-refractivity contribution in [1.82, 2.24) is 5.32 Å². The molecule has 1 amide bonds. The molecule has 0 fully saturated rings. The molecule has 0 aromatic heterocycles. The molecule has 6 nitrogen and oxygen atoms in total. The van der Waals surface area contributed by atoms with Gasteiger partial charge >= 0.3 is 6.09 Å². The van der Waals surface area contributed by atoms with E-state index in [9.17, 15) is 19.4 Å². The van der Waals surface area contributed by atoms with E-state index in [0.29, 0.717) is 0 Å². The van der Waals surface area contributed by atoms with Gasteiger partial charge in [0.05, 0.1) is 5.56 Å². The molecular weight excluding hydrogens is 327 g/mol. The van der Waals surface area contributed by atoms with Crippen LogP contribution < -0.4 is 5.32 Å². The molecular formula is C18H17FN2O4. The van der Waals surface area contributed by atoms with Crippen molar-refractivity contribution in [3.05, 3.63) is 71.0 Å². The number of nitrogens with zero attached hydrogens (tertiary/aromatic N) is 1. The summed E-state index contributed by atoms with van der Waals surface area (Å²) in [7, 11) is 0. The van der Waals surface area contributed by atoms with Crippen LogP contribution in [0, 0.1) is 17.1 Å². The maximum Gasteiger partial charge on any atom is 0.407 e. The fourth-order valence-electron chi connectivity index (χ4n) is 2.10. The number of carbonyl (C=O) groups excluding carboxylic acids is 1. The summed E-state index contributed by atoms with van der Waals surface area (Å²) in [6.45, 7) is -0.206. The molecule has 2 unspecified atom stereocenters. The Bertz CT molecular complexity index is 761. The number of nitriles is 1. The highest BCUT2D eigenvalue weighted by molar-refractivity contribution is 5.67. The number of alkyl carbamates (subject to hydrolysis) is 1. The average molecular weight is 344 g/mol. The maximum absolute atomic E-state index is 13.5. The Morgan fingerprint density at radius 1 is 1.24 bits per heavy atom. The van der Waals surface area contributed by atoms with Crippen LogP contribution in [0.3, 0.4) is 0 Å². The van der Waals surface area contributed by atoms with Crippen molar-refractivity contribution in [1.29, 1.82) is 5.26 Å². The SMILES string of the molecule is N#Cc1ccc(C(O)C(O)CNC(=O)OCc2ccccc2)cc1F. The lowest BCUT2D eigenvalue weighted by Crippen LogP contribution is -2.35. The summed E-state index contributed by atoms with van der Waals surface area (Å²) in [6.07, 6.45) is -3.53. The Morgan fingerprint density at radius 3 is 2.60 bits per heavy atom. The van der Waals surface area contributed by atoms with E-state index in [1.165, 1.54) is 12.1 Å². The third-order valence-corrected chi connectivity index (χ3v) is 3.49. The number of hydrogen-bond donors (Lipinski definition) is 3. The fraction of sp³-hybridized carbons (Fsp3) is 0.222. The third-order valence-electron chi connectivity index (χ3n) is 3.49. The van der Waals surface area contributed by atoms with Crippen LogP contribution in [0.15, 0.2) is 48.5 Å². The first kappa shape index (κ1) is 18.4. The van der Waals surface area contributed by atoms with Crippen LogP contribution in [-0.2, 0) is 11.3 Å². The summed E-state index contributed by atoms with van der Waals surface area (Å²) in [5, 5.41) is 30.9. The molecule has 2 rings (SSSR count). The second-order valence-corrected chi connectivity index (χ2v) is 5.31. The van der Waals surface area contributed by atoms with Gasteiger partial charge in [-0.25, -0.2) is 9.18 Å². The topological polar surface area (TPSA) is 103 Å². The van der Waals surface area contributed by atoms with E-state index in [1.54, 1.807) is 18.2 Å². The molecule has 0 bridgehead atoms. The number of amides is 1. The third kappa shape index (κ3) is 5.28. The zero-order valence-corrected chi connectivity index (χ0v) is 13.2. The fourth-order valence-corrected chi connectivity index (χ4v) is 2.10. The van der Waals surface area contributed by atoms with Gasteiger partial charge in [0.15, 0.2) is 0 Å². The Hall–Kier alpha value is -2.95. The minimum absolute atomic E-state index is 0.0756. The number of halogens is 1. The van der Waals surface area contributed by atoms with Gasteiger partial charge in [-0.2, -0.15) is 5.26 Å². The van der Waals surface area contributed by atoms with Crippen LogP contribution in [0.4, 0.5) is 9.18 Å². The Morgan fingerprint density at radius 2 is 1.96 bits per heavy atom. The zero-order valence-electron chi connectivity index (χ0n) is 13.2. The molecule has 0 saturated carbocycles. The van der Waals surface area contributed by atoms with Gasteiger partial charge in [-0.05, 0) is 23.3 Å². The number of hydrogen-bond acceptors (Lipinski definition) is 5. The van der Waals surface area contributed by atoms with E-state index in [4.69, 9.17) is 10.00 Å². The normalized spacial score (nSPS) is 12.7. The predicted molar refractivity (Wildman–Crippen MR) is 86.7 cm³/mol. The van der Waals surface area contributed by atoms with Gasteiger partial charge in [-0.1, -0.05) is 36.4 Å². The van der Waals surface area contributed by atoms with Crippen LogP contribution in [-0.4, -0.2) is 29.0 Å². The predicted octanol–water partition coefficient (Wildman–Crippen LogP) is 2.02. The first-order valence-electron chi connectivity index (χ1n) is 7.51. The minimum atomic E-state index is -1.42. The monoisotopic (exact) mass is 344 g/mol. The number of aliphatic hydroxyl groups excluding tert-OH is 2. The maximum atomic E-state index is 13.5. The van der Waals surface area contributed by atoms with E-state index in [0.717, 1.165) is 11.6 Å². The first-order valence-corrected chi connectivity index (χ1v) is 7.51. The van der Waals surface area contributed by atoms with Crippen LogP contribution >= 0.6 is 0 Å². The quantitative estimate of drug-likeness (QED) is 0.744. The Kier molecular flexibility index (Phi) is 6.46. The summed E-state index contributed by atoms with van der Waals surface area (Å²) in [4.78, 5) is 11.6. The zero-order chi connectivity index (χ0) is 18.2. The molecule has 0 radical (unpaired) electrons. The van der Waals surface area contributed by atoms with Gasteiger partial charge in [0, 0.05) is 6.54 Å². The molecule has 0 heterocycles. The lowest BCUT2D eigenvalue weighted by molar-refractivity contribution is 0.0182. The summed E-state index contributed by atoms with van der Waals surface area (Å²) in [5.41, 5.74) is 0.753. The van der Waals surface area contributed by atoms with Crippen LogP contribution in [0.2, 0.25) is 0 Å². The molecule has 0 aliphatic carbocycles. The summed E-state index contributed by atoms with van der Waals surface area (Å²) in [5.74, 6) is -0.790. The van der Waals surface area contributed by atoms with Crippen molar-refractivity contribution < 1.29 is 24.1 Å². The number of rotatable bonds is 6. The molecule has 130 valence electrons. The van der Waals surface area contributed by atoms with E-state index < -0.39 is 24.1 Å². The molecule has 7 heteroatoms. The average Bonchev–Trinajstić information content (AvgIpc) is 2.64. The van der Waals surface area contributed by atoms with Crippen LogP contribution in [0.5, 0.6) is 0 Å². The minimum Gasteiger partial charge on any atom is -0.445 e. The standard InChI is InChI=1S/C18H17FN2O4/c19-15-8-13(6-7-14(15)9-20)17(23)16(22)10-21-18(24)25-11-12-4-2-1-3-5-12/h1-8,16-17,22-23H,10-11H2,(H,21,24). The molecule has 2 aromatic rings. The highest BCUT2D eigenvalue weighted by Crippen LogP contribution is 2.19. The molecule has 2 aromatic carbocycles. The van der Waals surface area contributed by atoms with Gasteiger partial charge in [0.2, 0.25) is 0 Å². The summed E-state index contributed by atoms with van der Waals surface area (Å²) in [6, 6.07) is 14.2. The van der Waals surface area contributed by atoms with Crippen molar-refractivity contribution in [2.24, 2.45) is 0 Å².